The highest BCUT2D eigenvalue weighted by atomic mass is 32.2. The molecule has 1 atom stereocenters. The standard InChI is InChI=1S/C18H23FN4O4S/c19-16-6-2-1-5-15(16)18-20-17(27-21-18)12-14-4-3-7-23(13-14)28(24,25)22-8-10-26-11-9-22/h1-2,5-6,14H,3-4,7-13H2/t14-/m0/s1. The molecule has 0 amide bonds. The zero-order valence-corrected chi connectivity index (χ0v) is 16.3. The van der Waals surface area contributed by atoms with E-state index in [2.05, 4.69) is 10.1 Å². The summed E-state index contributed by atoms with van der Waals surface area (Å²) in [4.78, 5) is 4.30. The fraction of sp³-hybridized carbons (Fsp3) is 0.556. The zero-order valence-electron chi connectivity index (χ0n) is 15.5. The van der Waals surface area contributed by atoms with E-state index < -0.39 is 16.0 Å². The molecular formula is C18H23FN4O4S. The average Bonchev–Trinajstić information content (AvgIpc) is 3.17. The fourth-order valence-electron chi connectivity index (χ4n) is 3.68. The van der Waals surface area contributed by atoms with E-state index in [1.165, 1.54) is 10.4 Å². The number of hydrogen-bond acceptors (Lipinski definition) is 6. The second-order valence-electron chi connectivity index (χ2n) is 7.08. The Labute approximate surface area is 163 Å². The highest BCUT2D eigenvalue weighted by Gasteiger charge is 2.35. The molecular weight excluding hydrogens is 387 g/mol. The van der Waals surface area contributed by atoms with Crippen LogP contribution in [0.4, 0.5) is 4.39 Å². The monoisotopic (exact) mass is 410 g/mol. The van der Waals surface area contributed by atoms with Gasteiger partial charge in [-0.15, -0.1) is 0 Å². The zero-order chi connectivity index (χ0) is 19.6. The van der Waals surface area contributed by atoms with Gasteiger partial charge in [-0.3, -0.25) is 0 Å². The lowest BCUT2D eigenvalue weighted by molar-refractivity contribution is 0.0690. The van der Waals surface area contributed by atoms with Crippen LogP contribution in [0.5, 0.6) is 0 Å². The van der Waals surface area contributed by atoms with Crippen LogP contribution in [-0.2, 0) is 21.4 Å². The first kappa shape index (κ1) is 19.4. The van der Waals surface area contributed by atoms with Crippen LogP contribution < -0.4 is 0 Å². The number of nitrogens with zero attached hydrogens (tertiary/aromatic N) is 4. The summed E-state index contributed by atoms with van der Waals surface area (Å²) < 4.78 is 53.2. The van der Waals surface area contributed by atoms with E-state index in [0.29, 0.717) is 51.7 Å². The number of halogens is 1. The molecule has 0 N–H and O–H groups in total. The second-order valence-corrected chi connectivity index (χ2v) is 9.01. The van der Waals surface area contributed by atoms with Crippen LogP contribution in [-0.4, -0.2) is 66.6 Å². The lowest BCUT2D eigenvalue weighted by Crippen LogP contribution is -2.51. The van der Waals surface area contributed by atoms with Gasteiger partial charge < -0.3 is 9.26 Å². The maximum absolute atomic E-state index is 13.9. The quantitative estimate of drug-likeness (QED) is 0.746. The molecule has 2 saturated heterocycles. The van der Waals surface area contributed by atoms with Gasteiger partial charge in [-0.05, 0) is 30.9 Å². The molecule has 0 spiro atoms. The number of piperidine rings is 1. The predicted octanol–water partition coefficient (Wildman–Crippen LogP) is 1.71. The fourth-order valence-corrected chi connectivity index (χ4v) is 5.38. The van der Waals surface area contributed by atoms with Crippen molar-refractivity contribution in [1.29, 1.82) is 0 Å². The van der Waals surface area contributed by atoms with Gasteiger partial charge in [0, 0.05) is 32.6 Å². The number of rotatable bonds is 5. The third-order valence-electron chi connectivity index (χ3n) is 5.15. The Bertz CT molecular complexity index is 914. The molecule has 28 heavy (non-hydrogen) atoms. The van der Waals surface area contributed by atoms with Gasteiger partial charge in [0.2, 0.25) is 11.7 Å². The molecule has 2 fully saturated rings. The van der Waals surface area contributed by atoms with Crippen molar-refractivity contribution >= 4 is 10.2 Å². The first-order valence-electron chi connectivity index (χ1n) is 9.44. The summed E-state index contributed by atoms with van der Waals surface area (Å²) in [5.41, 5.74) is 0.290. The first-order chi connectivity index (χ1) is 13.5. The minimum atomic E-state index is -3.48. The summed E-state index contributed by atoms with van der Waals surface area (Å²) in [5.74, 6) is 0.282. The van der Waals surface area contributed by atoms with Gasteiger partial charge in [0.05, 0.1) is 18.8 Å². The molecule has 4 rings (SSSR count). The van der Waals surface area contributed by atoms with Gasteiger partial charge >= 0.3 is 0 Å². The van der Waals surface area contributed by atoms with Crippen molar-refractivity contribution in [1.82, 2.24) is 18.8 Å². The summed E-state index contributed by atoms with van der Waals surface area (Å²) >= 11 is 0. The Kier molecular flexibility index (Phi) is 5.72. The molecule has 0 unspecified atom stereocenters. The topological polar surface area (TPSA) is 88.8 Å². The number of ether oxygens (including phenoxy) is 1. The molecule has 2 aromatic rings. The van der Waals surface area contributed by atoms with Crippen LogP contribution in [0.3, 0.4) is 0 Å². The molecule has 1 aromatic carbocycles. The summed E-state index contributed by atoms with van der Waals surface area (Å²) in [6.07, 6.45) is 2.13. The number of aromatic nitrogens is 2. The molecule has 0 radical (unpaired) electrons. The van der Waals surface area contributed by atoms with Gasteiger partial charge in [0.1, 0.15) is 5.82 Å². The molecule has 152 valence electrons. The van der Waals surface area contributed by atoms with Crippen molar-refractivity contribution < 1.29 is 22.1 Å². The van der Waals surface area contributed by atoms with E-state index in [9.17, 15) is 12.8 Å². The van der Waals surface area contributed by atoms with Crippen LogP contribution in [0.2, 0.25) is 0 Å². The highest BCUT2D eigenvalue weighted by Crippen LogP contribution is 2.25. The lowest BCUT2D eigenvalue weighted by Gasteiger charge is -2.36. The van der Waals surface area contributed by atoms with Crippen molar-refractivity contribution in [2.75, 3.05) is 39.4 Å². The molecule has 2 aliphatic heterocycles. The minimum Gasteiger partial charge on any atom is -0.379 e. The molecule has 10 heteroatoms. The van der Waals surface area contributed by atoms with Crippen molar-refractivity contribution in [3.8, 4) is 11.4 Å². The van der Waals surface area contributed by atoms with E-state index >= 15 is 0 Å². The molecule has 0 aliphatic carbocycles. The van der Waals surface area contributed by atoms with Crippen LogP contribution in [0, 0.1) is 11.7 Å². The Morgan fingerprint density at radius 2 is 1.93 bits per heavy atom. The van der Waals surface area contributed by atoms with Crippen molar-refractivity contribution in [2.24, 2.45) is 5.92 Å². The first-order valence-corrected chi connectivity index (χ1v) is 10.8. The Morgan fingerprint density at radius 1 is 1.14 bits per heavy atom. The molecule has 2 aliphatic rings. The van der Waals surface area contributed by atoms with E-state index in [4.69, 9.17) is 9.26 Å². The third kappa shape index (κ3) is 4.09. The SMILES string of the molecule is O=S(=O)(N1CCOCC1)N1CCC[C@@H](Cc2nc(-c3ccccc3F)no2)C1. The van der Waals surface area contributed by atoms with E-state index in [0.717, 1.165) is 12.8 Å². The van der Waals surface area contributed by atoms with Crippen molar-refractivity contribution in [2.45, 2.75) is 19.3 Å². The van der Waals surface area contributed by atoms with E-state index in [1.54, 1.807) is 22.5 Å². The molecule has 0 saturated carbocycles. The Hall–Kier alpha value is -1.88. The van der Waals surface area contributed by atoms with Crippen molar-refractivity contribution in [3.05, 3.63) is 36.0 Å². The largest absolute Gasteiger partial charge is 0.379 e. The average molecular weight is 410 g/mol. The van der Waals surface area contributed by atoms with E-state index in [-0.39, 0.29) is 17.3 Å². The molecule has 0 bridgehead atoms. The van der Waals surface area contributed by atoms with Crippen molar-refractivity contribution in [3.63, 3.8) is 0 Å². The van der Waals surface area contributed by atoms with Gasteiger partial charge in [-0.25, -0.2) is 4.39 Å². The third-order valence-corrected chi connectivity index (χ3v) is 7.15. The summed E-state index contributed by atoms with van der Waals surface area (Å²) in [6.45, 7) is 2.56. The Morgan fingerprint density at radius 3 is 2.71 bits per heavy atom. The minimum absolute atomic E-state index is 0.0819. The maximum Gasteiger partial charge on any atom is 0.282 e. The number of morpholine rings is 1. The second kappa shape index (κ2) is 8.24. The van der Waals surface area contributed by atoms with Crippen LogP contribution in [0.1, 0.15) is 18.7 Å². The van der Waals surface area contributed by atoms with Crippen LogP contribution in [0.15, 0.2) is 28.8 Å². The van der Waals surface area contributed by atoms with Gasteiger partial charge in [0.25, 0.3) is 10.2 Å². The maximum atomic E-state index is 13.9. The molecule has 3 heterocycles. The van der Waals surface area contributed by atoms with Gasteiger partial charge in [-0.2, -0.15) is 22.0 Å². The summed E-state index contributed by atoms with van der Waals surface area (Å²) in [6, 6.07) is 6.26. The predicted molar refractivity (Wildman–Crippen MR) is 99.0 cm³/mol. The summed E-state index contributed by atoms with van der Waals surface area (Å²) in [5, 5.41) is 3.87. The van der Waals surface area contributed by atoms with Crippen LogP contribution in [0.25, 0.3) is 11.4 Å². The summed E-state index contributed by atoms with van der Waals surface area (Å²) in [7, 11) is -3.48. The highest BCUT2D eigenvalue weighted by molar-refractivity contribution is 7.86. The lowest BCUT2D eigenvalue weighted by atomic mass is 9.96. The number of benzene rings is 1. The van der Waals surface area contributed by atoms with Gasteiger partial charge in [-0.1, -0.05) is 17.3 Å². The van der Waals surface area contributed by atoms with E-state index in [1.807, 2.05) is 0 Å². The molecule has 8 nitrogen and oxygen atoms in total. The van der Waals surface area contributed by atoms with Gasteiger partial charge in [0.15, 0.2) is 0 Å². The van der Waals surface area contributed by atoms with Crippen LogP contribution >= 0.6 is 0 Å². The normalized spacial score (nSPS) is 22.4. The Balaban J connectivity index is 1.42. The smallest absolute Gasteiger partial charge is 0.282 e. The molecule has 1 aromatic heterocycles. The number of hydrogen-bond donors (Lipinski definition) is 0.